The third-order valence-corrected chi connectivity index (χ3v) is 4.49. The Morgan fingerprint density at radius 2 is 1.68 bits per heavy atom. The molecule has 0 heterocycles. The van der Waals surface area contributed by atoms with Crippen LogP contribution in [0.5, 0.6) is 5.75 Å². The third kappa shape index (κ3) is 4.32. The van der Waals surface area contributed by atoms with E-state index in [2.05, 4.69) is 4.74 Å². The number of hydrogen-bond donors (Lipinski definition) is 1. The summed E-state index contributed by atoms with van der Waals surface area (Å²) in [7, 11) is 1.30. The summed E-state index contributed by atoms with van der Waals surface area (Å²) in [4.78, 5) is 23.1. The molecule has 0 aliphatic heterocycles. The number of esters is 1. The number of ether oxygens (including phenoxy) is 2. The van der Waals surface area contributed by atoms with Crippen LogP contribution in [0.15, 0.2) is 66.2 Å². The standard InChI is InChI=1S/C22H17ClO5/c1-27-22(26)15-8-6-14(7-9-15)12-16(21(24)25)13-28-20-11-10-19(23)17-4-2-3-5-18(17)20/h2-12H,13H2,1H3,(H,24,25). The first-order chi connectivity index (χ1) is 13.5. The Bertz CT molecular complexity index is 1050. The van der Waals surface area contributed by atoms with Crippen molar-refractivity contribution in [2.45, 2.75) is 0 Å². The van der Waals surface area contributed by atoms with Crippen molar-refractivity contribution in [1.29, 1.82) is 0 Å². The predicted octanol–water partition coefficient (Wildman–Crippen LogP) is 4.83. The SMILES string of the molecule is COC(=O)c1ccc(C=C(COc2ccc(Cl)c3ccccc23)C(=O)O)cc1. The van der Waals surface area contributed by atoms with E-state index in [4.69, 9.17) is 16.3 Å². The average molecular weight is 397 g/mol. The molecule has 5 nitrogen and oxygen atoms in total. The quantitative estimate of drug-likeness (QED) is 0.477. The number of rotatable bonds is 6. The highest BCUT2D eigenvalue weighted by atomic mass is 35.5. The molecule has 0 bridgehead atoms. The van der Waals surface area contributed by atoms with Gasteiger partial charge in [0.2, 0.25) is 0 Å². The van der Waals surface area contributed by atoms with Gasteiger partial charge in [-0.2, -0.15) is 0 Å². The van der Waals surface area contributed by atoms with E-state index in [1.165, 1.54) is 13.2 Å². The monoisotopic (exact) mass is 396 g/mol. The van der Waals surface area contributed by atoms with Gasteiger partial charge >= 0.3 is 11.9 Å². The molecule has 0 spiro atoms. The Morgan fingerprint density at radius 3 is 2.32 bits per heavy atom. The van der Waals surface area contributed by atoms with Crippen molar-refractivity contribution in [1.82, 2.24) is 0 Å². The summed E-state index contributed by atoms with van der Waals surface area (Å²) >= 11 is 6.20. The number of benzene rings is 3. The van der Waals surface area contributed by atoms with Crippen molar-refractivity contribution in [2.24, 2.45) is 0 Å². The highest BCUT2D eigenvalue weighted by Crippen LogP contribution is 2.31. The van der Waals surface area contributed by atoms with Crippen LogP contribution in [0.25, 0.3) is 16.8 Å². The highest BCUT2D eigenvalue weighted by Gasteiger charge is 2.12. The van der Waals surface area contributed by atoms with Crippen molar-refractivity contribution in [3.05, 3.63) is 82.4 Å². The van der Waals surface area contributed by atoms with Gasteiger partial charge in [0, 0.05) is 15.8 Å². The van der Waals surface area contributed by atoms with Gasteiger partial charge in [0.25, 0.3) is 0 Å². The number of carboxylic acid groups (broad SMARTS) is 1. The Labute approximate surface area is 166 Å². The van der Waals surface area contributed by atoms with Gasteiger partial charge in [-0.3, -0.25) is 0 Å². The normalized spacial score (nSPS) is 11.3. The van der Waals surface area contributed by atoms with Crippen molar-refractivity contribution >= 4 is 40.4 Å². The Hall–Kier alpha value is -3.31. The molecule has 3 aromatic carbocycles. The summed E-state index contributed by atoms with van der Waals surface area (Å²) in [6.07, 6.45) is 1.50. The van der Waals surface area contributed by atoms with Gasteiger partial charge in [-0.25, -0.2) is 9.59 Å². The lowest BCUT2D eigenvalue weighted by Crippen LogP contribution is -2.10. The van der Waals surface area contributed by atoms with Gasteiger partial charge in [0.1, 0.15) is 12.4 Å². The molecule has 0 aromatic heterocycles. The number of aliphatic carboxylic acids is 1. The average Bonchev–Trinajstić information content (AvgIpc) is 2.72. The molecule has 3 aromatic rings. The van der Waals surface area contributed by atoms with Gasteiger partial charge in [-0.15, -0.1) is 0 Å². The maximum Gasteiger partial charge on any atom is 0.337 e. The van der Waals surface area contributed by atoms with Crippen LogP contribution < -0.4 is 4.74 Å². The number of carbonyl (C=O) groups excluding carboxylic acids is 1. The first-order valence-corrected chi connectivity index (χ1v) is 8.79. The second-order valence-corrected chi connectivity index (χ2v) is 6.38. The van der Waals surface area contributed by atoms with E-state index in [0.29, 0.717) is 21.9 Å². The van der Waals surface area contributed by atoms with Crippen LogP contribution in [0.1, 0.15) is 15.9 Å². The summed E-state index contributed by atoms with van der Waals surface area (Å²) < 4.78 is 10.4. The Kier molecular flexibility index (Phi) is 5.96. The molecule has 0 fully saturated rings. The molecule has 28 heavy (non-hydrogen) atoms. The van der Waals surface area contributed by atoms with E-state index in [0.717, 1.165) is 10.8 Å². The number of fused-ring (bicyclic) bond motifs is 1. The number of carboxylic acids is 1. The fourth-order valence-electron chi connectivity index (χ4n) is 2.72. The zero-order chi connectivity index (χ0) is 20.1. The number of halogens is 1. The summed E-state index contributed by atoms with van der Waals surface area (Å²) in [5.41, 5.74) is 1.10. The van der Waals surface area contributed by atoms with Crippen LogP contribution in [0, 0.1) is 0 Å². The largest absolute Gasteiger partial charge is 0.488 e. The van der Waals surface area contributed by atoms with E-state index in [1.54, 1.807) is 36.4 Å². The Morgan fingerprint density at radius 1 is 1.00 bits per heavy atom. The van der Waals surface area contributed by atoms with Crippen molar-refractivity contribution in [2.75, 3.05) is 13.7 Å². The second kappa shape index (κ2) is 8.59. The third-order valence-electron chi connectivity index (χ3n) is 4.16. The molecule has 0 aliphatic rings. The summed E-state index contributed by atoms with van der Waals surface area (Å²) in [6.45, 7) is -0.125. The minimum atomic E-state index is -1.09. The fraction of sp³-hybridized carbons (Fsp3) is 0.0909. The van der Waals surface area contributed by atoms with Crippen LogP contribution in [0.2, 0.25) is 5.02 Å². The second-order valence-electron chi connectivity index (χ2n) is 5.97. The summed E-state index contributed by atoms with van der Waals surface area (Å²) in [5, 5.41) is 11.7. The zero-order valence-corrected chi connectivity index (χ0v) is 15.8. The fourth-order valence-corrected chi connectivity index (χ4v) is 2.94. The number of carbonyl (C=O) groups is 2. The summed E-state index contributed by atoms with van der Waals surface area (Å²) in [5.74, 6) is -0.990. The van der Waals surface area contributed by atoms with Crippen LogP contribution >= 0.6 is 11.6 Å². The van der Waals surface area contributed by atoms with Crippen LogP contribution in [-0.4, -0.2) is 30.8 Å². The maximum atomic E-state index is 11.6. The summed E-state index contributed by atoms with van der Waals surface area (Å²) in [6, 6.07) is 17.4. The lowest BCUT2D eigenvalue weighted by atomic mass is 10.1. The lowest BCUT2D eigenvalue weighted by Gasteiger charge is -2.11. The van der Waals surface area contributed by atoms with Crippen LogP contribution in [-0.2, 0) is 9.53 Å². The molecular weight excluding hydrogens is 380 g/mol. The van der Waals surface area contributed by atoms with Gasteiger partial charge in [-0.05, 0) is 35.9 Å². The van der Waals surface area contributed by atoms with Crippen LogP contribution in [0.4, 0.5) is 0 Å². The predicted molar refractivity (Wildman–Crippen MR) is 108 cm³/mol. The van der Waals surface area contributed by atoms with Gasteiger partial charge < -0.3 is 14.6 Å². The zero-order valence-electron chi connectivity index (χ0n) is 15.0. The molecule has 0 atom stereocenters. The molecule has 0 saturated carbocycles. The topological polar surface area (TPSA) is 72.8 Å². The molecule has 0 unspecified atom stereocenters. The van der Waals surface area contributed by atoms with E-state index < -0.39 is 11.9 Å². The lowest BCUT2D eigenvalue weighted by molar-refractivity contribution is -0.132. The smallest absolute Gasteiger partial charge is 0.337 e. The molecule has 6 heteroatoms. The van der Waals surface area contributed by atoms with Gasteiger partial charge in [0.15, 0.2) is 0 Å². The molecule has 0 saturated heterocycles. The molecule has 0 amide bonds. The minimum Gasteiger partial charge on any atom is -0.488 e. The molecule has 1 N–H and O–H groups in total. The molecule has 142 valence electrons. The molecule has 0 radical (unpaired) electrons. The first kappa shape index (κ1) is 19.5. The number of methoxy groups -OCH3 is 1. The first-order valence-electron chi connectivity index (χ1n) is 8.42. The van der Waals surface area contributed by atoms with Gasteiger partial charge in [-0.1, -0.05) is 48.0 Å². The molecular formula is C22H17ClO5. The Balaban J connectivity index is 1.83. The maximum absolute atomic E-state index is 11.6. The van der Waals surface area contributed by atoms with E-state index >= 15 is 0 Å². The number of hydrogen-bond acceptors (Lipinski definition) is 4. The van der Waals surface area contributed by atoms with E-state index in [-0.39, 0.29) is 12.2 Å². The molecule has 0 aliphatic carbocycles. The van der Waals surface area contributed by atoms with E-state index in [9.17, 15) is 14.7 Å². The van der Waals surface area contributed by atoms with Crippen LogP contribution in [0.3, 0.4) is 0 Å². The van der Waals surface area contributed by atoms with Crippen molar-refractivity contribution < 1.29 is 24.2 Å². The van der Waals surface area contributed by atoms with Crippen molar-refractivity contribution in [3.8, 4) is 5.75 Å². The molecule has 3 rings (SSSR count). The van der Waals surface area contributed by atoms with Gasteiger partial charge in [0.05, 0.1) is 18.2 Å². The highest BCUT2D eigenvalue weighted by molar-refractivity contribution is 6.35. The minimum absolute atomic E-state index is 0.0739. The van der Waals surface area contributed by atoms with E-state index in [1.807, 2.05) is 24.3 Å². The van der Waals surface area contributed by atoms with Crippen molar-refractivity contribution in [3.63, 3.8) is 0 Å².